The number of nitrogens with one attached hydrogen (secondary N) is 1. The summed E-state index contributed by atoms with van der Waals surface area (Å²) >= 11 is 1.14. The highest BCUT2D eigenvalue weighted by atomic mass is 32.2. The molecule has 4 rings (SSSR count). The zero-order valence-electron chi connectivity index (χ0n) is 18.2. The van der Waals surface area contributed by atoms with Crippen LogP contribution in [0.15, 0.2) is 101 Å². The molecule has 0 saturated heterocycles. The number of nitrogens with zero attached hydrogens (tertiary/aromatic N) is 3. The largest absolute Gasteiger partial charge is 0.507 e. The van der Waals surface area contributed by atoms with Crippen LogP contribution in [0.1, 0.15) is 11.1 Å². The molecule has 1 heterocycles. The maximum absolute atomic E-state index is 13.2. The van der Waals surface area contributed by atoms with Gasteiger partial charge in [-0.2, -0.15) is 5.10 Å². The van der Waals surface area contributed by atoms with Gasteiger partial charge >= 0.3 is 0 Å². The third kappa shape index (κ3) is 5.07. The summed E-state index contributed by atoms with van der Waals surface area (Å²) in [5.41, 5.74) is 4.70. The number of hydrogen-bond acceptors (Lipinski definition) is 6. The van der Waals surface area contributed by atoms with Gasteiger partial charge in [0.1, 0.15) is 5.75 Å². The molecule has 0 aliphatic rings. The number of thioether (sulfide) groups is 1. The van der Waals surface area contributed by atoms with E-state index in [0.717, 1.165) is 17.3 Å². The molecule has 3 aromatic carbocycles. The van der Waals surface area contributed by atoms with Gasteiger partial charge in [0, 0.05) is 5.56 Å². The monoisotopic (exact) mass is 470 g/mol. The number of aromatic hydroxyl groups is 1. The number of hydrazone groups is 1. The van der Waals surface area contributed by atoms with Crippen LogP contribution in [0.4, 0.5) is 0 Å². The van der Waals surface area contributed by atoms with Gasteiger partial charge < -0.3 is 5.11 Å². The van der Waals surface area contributed by atoms with Gasteiger partial charge in [-0.15, -0.1) is 6.58 Å². The molecule has 0 spiro atoms. The van der Waals surface area contributed by atoms with Crippen LogP contribution in [0.25, 0.3) is 16.6 Å². The van der Waals surface area contributed by atoms with Crippen LogP contribution in [0.3, 0.4) is 0 Å². The first-order chi connectivity index (χ1) is 16.6. The van der Waals surface area contributed by atoms with Crippen molar-refractivity contribution in [2.24, 2.45) is 5.10 Å². The van der Waals surface area contributed by atoms with Crippen molar-refractivity contribution in [1.29, 1.82) is 0 Å². The van der Waals surface area contributed by atoms with Crippen molar-refractivity contribution in [3.05, 3.63) is 107 Å². The number of para-hydroxylation sites is 3. The van der Waals surface area contributed by atoms with Gasteiger partial charge in [-0.25, -0.2) is 10.4 Å². The lowest BCUT2D eigenvalue weighted by molar-refractivity contribution is -0.118. The summed E-state index contributed by atoms with van der Waals surface area (Å²) in [5, 5.41) is 15.2. The van der Waals surface area contributed by atoms with E-state index in [4.69, 9.17) is 0 Å². The van der Waals surface area contributed by atoms with Crippen molar-refractivity contribution in [2.75, 3.05) is 5.75 Å². The maximum Gasteiger partial charge on any atom is 0.266 e. The summed E-state index contributed by atoms with van der Waals surface area (Å²) in [7, 11) is 0. The Kier molecular flexibility index (Phi) is 7.19. The predicted octanol–water partition coefficient (Wildman–Crippen LogP) is 4.06. The topological polar surface area (TPSA) is 96.6 Å². The summed E-state index contributed by atoms with van der Waals surface area (Å²) < 4.78 is 1.51. The lowest BCUT2D eigenvalue weighted by Gasteiger charge is -2.12. The Bertz CT molecular complexity index is 1430. The molecule has 0 atom stereocenters. The highest BCUT2D eigenvalue weighted by Gasteiger charge is 2.14. The smallest absolute Gasteiger partial charge is 0.266 e. The zero-order chi connectivity index (χ0) is 23.9. The molecule has 0 aliphatic heterocycles. The van der Waals surface area contributed by atoms with E-state index in [1.807, 2.05) is 36.4 Å². The third-order valence-corrected chi connectivity index (χ3v) is 5.94. The van der Waals surface area contributed by atoms with Crippen LogP contribution < -0.4 is 11.0 Å². The molecule has 1 aromatic heterocycles. The SMILES string of the molecule is C=CCc1cccc(/C=N/NC(=O)CSc2nc3ccccc3c(=O)n2-c2ccccc2)c1O. The second kappa shape index (κ2) is 10.6. The van der Waals surface area contributed by atoms with E-state index < -0.39 is 0 Å². The zero-order valence-corrected chi connectivity index (χ0v) is 19.0. The molecule has 34 heavy (non-hydrogen) atoms. The van der Waals surface area contributed by atoms with E-state index in [0.29, 0.717) is 33.7 Å². The molecule has 0 fully saturated rings. The highest BCUT2D eigenvalue weighted by Crippen LogP contribution is 2.22. The number of carbonyl (C=O) groups is 1. The Labute approximate surface area is 200 Å². The van der Waals surface area contributed by atoms with Crippen LogP contribution in [0.5, 0.6) is 5.75 Å². The summed E-state index contributed by atoms with van der Waals surface area (Å²) in [6.45, 7) is 3.67. The standard InChI is InChI=1S/C26H22N4O3S/c1-2-9-18-10-8-11-19(24(18)32)16-27-29-23(31)17-34-26-28-22-15-7-6-14-21(22)25(33)30(26)20-12-4-3-5-13-20/h2-8,10-16,32H,1,9,17H2,(H,29,31)/b27-16+. The molecule has 8 heteroatoms. The van der Waals surface area contributed by atoms with E-state index >= 15 is 0 Å². The van der Waals surface area contributed by atoms with E-state index in [1.165, 1.54) is 10.8 Å². The fourth-order valence-electron chi connectivity index (χ4n) is 3.39. The van der Waals surface area contributed by atoms with Gasteiger partial charge in [0.05, 0.1) is 28.6 Å². The van der Waals surface area contributed by atoms with Gasteiger partial charge in [0.25, 0.3) is 11.5 Å². The second-order valence-electron chi connectivity index (χ2n) is 7.32. The van der Waals surface area contributed by atoms with Crippen molar-refractivity contribution in [1.82, 2.24) is 15.0 Å². The molecule has 4 aromatic rings. The highest BCUT2D eigenvalue weighted by molar-refractivity contribution is 7.99. The second-order valence-corrected chi connectivity index (χ2v) is 8.26. The van der Waals surface area contributed by atoms with Crippen LogP contribution >= 0.6 is 11.8 Å². The molecule has 0 aliphatic carbocycles. The van der Waals surface area contributed by atoms with Crippen molar-refractivity contribution in [3.63, 3.8) is 0 Å². The van der Waals surface area contributed by atoms with Crippen LogP contribution in [0, 0.1) is 0 Å². The van der Waals surface area contributed by atoms with Gasteiger partial charge in [0.2, 0.25) is 0 Å². The minimum Gasteiger partial charge on any atom is -0.507 e. The predicted molar refractivity (Wildman–Crippen MR) is 136 cm³/mol. The van der Waals surface area contributed by atoms with Crippen molar-refractivity contribution in [2.45, 2.75) is 11.6 Å². The molecule has 2 N–H and O–H groups in total. The average molecular weight is 471 g/mol. The Morgan fingerprint density at radius 3 is 2.65 bits per heavy atom. The lowest BCUT2D eigenvalue weighted by Crippen LogP contribution is -2.24. The van der Waals surface area contributed by atoms with E-state index in [1.54, 1.807) is 42.5 Å². The van der Waals surface area contributed by atoms with Crippen LogP contribution in [-0.4, -0.2) is 32.5 Å². The first kappa shape index (κ1) is 23.0. The summed E-state index contributed by atoms with van der Waals surface area (Å²) in [5.74, 6) is -0.274. The van der Waals surface area contributed by atoms with E-state index in [2.05, 4.69) is 22.1 Å². The third-order valence-electron chi connectivity index (χ3n) is 5.00. The van der Waals surface area contributed by atoms with Crippen LogP contribution in [0.2, 0.25) is 0 Å². The van der Waals surface area contributed by atoms with Gasteiger partial charge in [-0.1, -0.05) is 60.3 Å². The average Bonchev–Trinajstić information content (AvgIpc) is 2.86. The number of hydrogen-bond donors (Lipinski definition) is 2. The van der Waals surface area contributed by atoms with Crippen molar-refractivity contribution >= 4 is 34.8 Å². The fourth-order valence-corrected chi connectivity index (χ4v) is 4.19. The first-order valence-corrected chi connectivity index (χ1v) is 11.5. The van der Waals surface area contributed by atoms with Crippen molar-refractivity contribution < 1.29 is 9.90 Å². The summed E-state index contributed by atoms with van der Waals surface area (Å²) in [6.07, 6.45) is 3.61. The Balaban J connectivity index is 1.52. The van der Waals surface area contributed by atoms with Gasteiger partial charge in [-0.05, 0) is 42.3 Å². The number of benzene rings is 3. The summed E-state index contributed by atoms with van der Waals surface area (Å²) in [6, 6.07) is 21.6. The minimum absolute atomic E-state index is 0.00254. The Morgan fingerprint density at radius 1 is 1.09 bits per heavy atom. The molecular weight excluding hydrogens is 448 g/mol. The van der Waals surface area contributed by atoms with E-state index in [9.17, 15) is 14.7 Å². The van der Waals surface area contributed by atoms with Crippen molar-refractivity contribution in [3.8, 4) is 11.4 Å². The number of rotatable bonds is 8. The number of aromatic nitrogens is 2. The number of phenols is 1. The molecule has 0 saturated carbocycles. The number of amides is 1. The molecule has 1 amide bonds. The molecule has 0 unspecified atom stereocenters. The maximum atomic E-state index is 13.2. The lowest BCUT2D eigenvalue weighted by atomic mass is 10.1. The molecular formula is C26H22N4O3S. The van der Waals surface area contributed by atoms with E-state index in [-0.39, 0.29) is 23.0 Å². The Hall–Kier alpha value is -4.17. The van der Waals surface area contributed by atoms with Crippen LogP contribution in [-0.2, 0) is 11.2 Å². The molecule has 0 bridgehead atoms. The summed E-state index contributed by atoms with van der Waals surface area (Å²) in [4.78, 5) is 30.2. The van der Waals surface area contributed by atoms with Gasteiger partial charge in [-0.3, -0.25) is 14.2 Å². The molecule has 0 radical (unpaired) electrons. The minimum atomic E-state index is -0.370. The molecule has 170 valence electrons. The first-order valence-electron chi connectivity index (χ1n) is 10.5. The number of carbonyl (C=O) groups excluding carboxylic acids is 1. The fraction of sp³-hybridized carbons (Fsp3) is 0.0769. The normalized spacial score (nSPS) is 11.1. The quantitative estimate of drug-likeness (QED) is 0.133. The Morgan fingerprint density at radius 2 is 1.85 bits per heavy atom. The van der Waals surface area contributed by atoms with Gasteiger partial charge in [0.15, 0.2) is 5.16 Å². The number of phenolic OH excluding ortho intramolecular Hbond substituents is 1. The number of fused-ring (bicyclic) bond motifs is 1. The number of allylic oxidation sites excluding steroid dienone is 1. The molecule has 7 nitrogen and oxygen atoms in total.